The van der Waals surface area contributed by atoms with E-state index in [-0.39, 0.29) is 0 Å². The Bertz CT molecular complexity index is 889. The van der Waals surface area contributed by atoms with Crippen LogP contribution in [0.25, 0.3) is 5.65 Å². The molecule has 3 aromatic rings. The number of hydrogen-bond donors (Lipinski definition) is 0. The summed E-state index contributed by atoms with van der Waals surface area (Å²) in [5, 5.41) is 13.7. The van der Waals surface area contributed by atoms with Crippen molar-refractivity contribution in [1.29, 1.82) is 0 Å². The van der Waals surface area contributed by atoms with Crippen LogP contribution >= 0.6 is 11.3 Å². The van der Waals surface area contributed by atoms with E-state index in [0.29, 0.717) is 12.1 Å². The largest absolute Gasteiger partial charge is 0.352 e. The molecule has 3 aliphatic heterocycles. The summed E-state index contributed by atoms with van der Waals surface area (Å²) in [7, 11) is 0. The first kappa shape index (κ1) is 14.3. The van der Waals surface area contributed by atoms with E-state index in [9.17, 15) is 0 Å². The van der Waals surface area contributed by atoms with Gasteiger partial charge >= 0.3 is 0 Å². The molecule has 6 rings (SSSR count). The minimum absolute atomic E-state index is 0.615. The van der Waals surface area contributed by atoms with Crippen molar-refractivity contribution in [3.8, 4) is 0 Å². The molecule has 3 aliphatic rings. The second-order valence-electron chi connectivity index (χ2n) is 6.69. The number of anilines is 1. The molecule has 6 heterocycles. The maximum absolute atomic E-state index is 4.63. The van der Waals surface area contributed by atoms with Crippen molar-refractivity contribution in [2.75, 3.05) is 18.0 Å². The summed E-state index contributed by atoms with van der Waals surface area (Å²) in [5.74, 6) is 1.02. The summed E-state index contributed by atoms with van der Waals surface area (Å²) in [5.41, 5.74) is 1.98. The molecule has 2 atom stereocenters. The molecule has 0 radical (unpaired) electrons. The quantitative estimate of drug-likeness (QED) is 0.722. The minimum Gasteiger partial charge on any atom is -0.352 e. The van der Waals surface area contributed by atoms with Crippen molar-refractivity contribution in [3.05, 3.63) is 34.0 Å². The molecule has 2 unspecified atom stereocenters. The van der Waals surface area contributed by atoms with Crippen molar-refractivity contribution in [2.45, 2.75) is 38.9 Å². The van der Waals surface area contributed by atoms with E-state index in [1.165, 1.54) is 22.0 Å². The van der Waals surface area contributed by atoms with Crippen LogP contribution in [0.4, 0.5) is 5.82 Å². The highest BCUT2D eigenvalue weighted by Gasteiger charge is 2.45. The standard InChI is InChI=1S/C16H19N7S/c1-10-14(24-11(2)18-10)8-22-12-5-13(22)7-21(6-12)16-4-3-15-19-17-9-23(15)20-16/h3-4,9,12-13H,5-8H2,1-2H3. The molecule has 8 heteroatoms. The third-order valence-corrected chi connectivity index (χ3v) is 6.20. The van der Waals surface area contributed by atoms with Crippen LogP contribution in [-0.2, 0) is 6.54 Å². The predicted molar refractivity (Wildman–Crippen MR) is 92.3 cm³/mol. The molecular weight excluding hydrogens is 322 g/mol. The fourth-order valence-electron chi connectivity index (χ4n) is 3.91. The molecule has 124 valence electrons. The van der Waals surface area contributed by atoms with Gasteiger partial charge in [0.15, 0.2) is 5.65 Å². The Morgan fingerprint density at radius 1 is 1.21 bits per heavy atom. The van der Waals surface area contributed by atoms with E-state index in [1.807, 2.05) is 17.4 Å². The van der Waals surface area contributed by atoms with E-state index in [2.05, 4.69) is 50.0 Å². The molecule has 0 aliphatic carbocycles. The SMILES string of the molecule is Cc1nc(C)c(CN2C3CC2CN(c2ccc4nncn4n2)C3)s1. The molecule has 7 nitrogen and oxygen atoms in total. The Morgan fingerprint density at radius 3 is 2.79 bits per heavy atom. The van der Waals surface area contributed by atoms with Crippen LogP contribution in [0.5, 0.6) is 0 Å². The van der Waals surface area contributed by atoms with Gasteiger partial charge in [0.05, 0.1) is 10.7 Å². The molecule has 0 N–H and O–H groups in total. The topological polar surface area (TPSA) is 62.5 Å². The van der Waals surface area contributed by atoms with Gasteiger partial charge in [0.25, 0.3) is 0 Å². The molecule has 24 heavy (non-hydrogen) atoms. The van der Waals surface area contributed by atoms with Crippen molar-refractivity contribution >= 4 is 22.8 Å². The minimum atomic E-state index is 0.615. The van der Waals surface area contributed by atoms with Crippen molar-refractivity contribution in [2.24, 2.45) is 0 Å². The predicted octanol–water partition coefficient (Wildman–Crippen LogP) is 1.66. The number of piperazine rings is 1. The van der Waals surface area contributed by atoms with Crippen molar-refractivity contribution in [1.82, 2.24) is 29.7 Å². The third-order valence-electron chi connectivity index (χ3n) is 5.14. The van der Waals surface area contributed by atoms with Gasteiger partial charge in [0, 0.05) is 36.6 Å². The van der Waals surface area contributed by atoms with Gasteiger partial charge < -0.3 is 4.90 Å². The maximum Gasteiger partial charge on any atom is 0.177 e. The third kappa shape index (κ3) is 2.21. The fourth-order valence-corrected chi connectivity index (χ4v) is 4.85. The van der Waals surface area contributed by atoms with Crippen LogP contribution < -0.4 is 4.90 Å². The number of thiazole rings is 1. The number of aryl methyl sites for hydroxylation is 2. The summed E-state index contributed by atoms with van der Waals surface area (Å²) in [6, 6.07) is 5.26. The fraction of sp³-hybridized carbons (Fsp3) is 0.500. The first-order chi connectivity index (χ1) is 11.7. The van der Waals surface area contributed by atoms with Gasteiger partial charge in [-0.25, -0.2) is 4.98 Å². The average molecular weight is 341 g/mol. The molecular formula is C16H19N7S. The van der Waals surface area contributed by atoms with Gasteiger partial charge in [-0.15, -0.1) is 26.6 Å². The van der Waals surface area contributed by atoms with Crippen molar-refractivity contribution in [3.63, 3.8) is 0 Å². The molecule has 0 spiro atoms. The first-order valence-electron chi connectivity index (χ1n) is 8.28. The summed E-state index contributed by atoms with van der Waals surface area (Å²) < 4.78 is 1.75. The van der Waals surface area contributed by atoms with Gasteiger partial charge in [-0.05, 0) is 32.4 Å². The Hall–Kier alpha value is -2.06. The lowest BCUT2D eigenvalue weighted by molar-refractivity contribution is -0.00806. The van der Waals surface area contributed by atoms with Crippen LogP contribution in [-0.4, -0.2) is 54.9 Å². The van der Waals surface area contributed by atoms with Crippen LogP contribution in [0.2, 0.25) is 0 Å². The molecule has 2 bridgehead atoms. The summed E-state index contributed by atoms with van der Waals surface area (Å²) in [4.78, 5) is 11.0. The molecule has 3 fully saturated rings. The number of nitrogens with zero attached hydrogens (tertiary/aromatic N) is 7. The van der Waals surface area contributed by atoms with E-state index in [4.69, 9.17) is 0 Å². The number of aromatic nitrogens is 5. The smallest absolute Gasteiger partial charge is 0.177 e. The summed E-state index contributed by atoms with van der Waals surface area (Å²) >= 11 is 1.83. The first-order valence-corrected chi connectivity index (χ1v) is 9.10. The lowest BCUT2D eigenvalue weighted by Gasteiger charge is -2.56. The Morgan fingerprint density at radius 2 is 2.04 bits per heavy atom. The van der Waals surface area contributed by atoms with Crippen LogP contribution in [0.1, 0.15) is 22.0 Å². The Labute approximate surface area is 143 Å². The lowest BCUT2D eigenvalue weighted by atomic mass is 9.87. The average Bonchev–Trinajstić information content (AvgIpc) is 3.17. The lowest BCUT2D eigenvalue weighted by Crippen LogP contribution is -2.68. The van der Waals surface area contributed by atoms with Crippen LogP contribution in [0.15, 0.2) is 18.5 Å². The zero-order chi connectivity index (χ0) is 16.3. The summed E-state index contributed by atoms with van der Waals surface area (Å²) in [6.07, 6.45) is 2.95. The summed E-state index contributed by atoms with van der Waals surface area (Å²) in [6.45, 7) is 7.33. The zero-order valence-electron chi connectivity index (χ0n) is 13.8. The second-order valence-corrected chi connectivity index (χ2v) is 7.98. The van der Waals surface area contributed by atoms with Crippen LogP contribution in [0.3, 0.4) is 0 Å². The maximum atomic E-state index is 4.63. The highest BCUT2D eigenvalue weighted by atomic mass is 32.1. The number of hydrogen-bond acceptors (Lipinski definition) is 7. The molecule has 0 aromatic carbocycles. The van der Waals surface area contributed by atoms with Gasteiger partial charge in [-0.1, -0.05) is 0 Å². The van der Waals surface area contributed by atoms with E-state index in [1.54, 1.807) is 10.8 Å². The normalized spacial score (nSPS) is 23.7. The monoisotopic (exact) mass is 341 g/mol. The molecule has 3 aromatic heterocycles. The van der Waals surface area contributed by atoms with Gasteiger partial charge in [-0.3, -0.25) is 4.90 Å². The highest BCUT2D eigenvalue weighted by molar-refractivity contribution is 7.11. The van der Waals surface area contributed by atoms with Gasteiger partial charge in [-0.2, -0.15) is 4.52 Å². The number of piperidine rings is 1. The Kier molecular flexibility index (Phi) is 3.11. The number of fused-ring (bicyclic) bond motifs is 3. The number of rotatable bonds is 3. The zero-order valence-corrected chi connectivity index (χ0v) is 14.6. The van der Waals surface area contributed by atoms with Crippen LogP contribution in [0, 0.1) is 13.8 Å². The van der Waals surface area contributed by atoms with Gasteiger partial charge in [0.1, 0.15) is 12.1 Å². The van der Waals surface area contributed by atoms with E-state index >= 15 is 0 Å². The van der Waals surface area contributed by atoms with E-state index < -0.39 is 0 Å². The second kappa shape index (κ2) is 5.22. The molecule has 0 saturated carbocycles. The molecule has 0 amide bonds. The van der Waals surface area contributed by atoms with E-state index in [0.717, 1.165) is 31.1 Å². The Balaban J connectivity index is 1.32. The van der Waals surface area contributed by atoms with Gasteiger partial charge in [0.2, 0.25) is 0 Å². The highest BCUT2D eigenvalue weighted by Crippen LogP contribution is 2.36. The molecule has 3 saturated heterocycles. The van der Waals surface area contributed by atoms with Crippen molar-refractivity contribution < 1.29 is 0 Å².